The maximum atomic E-state index is 12.1. The molecule has 0 radical (unpaired) electrons. The maximum Gasteiger partial charge on any atom is 0.200 e. The van der Waals surface area contributed by atoms with Crippen molar-refractivity contribution < 1.29 is 9.53 Å². The second-order valence-corrected chi connectivity index (χ2v) is 4.98. The zero-order valence-corrected chi connectivity index (χ0v) is 11.9. The van der Waals surface area contributed by atoms with Gasteiger partial charge >= 0.3 is 0 Å². The van der Waals surface area contributed by atoms with E-state index in [4.69, 9.17) is 16.3 Å². The van der Waals surface area contributed by atoms with Crippen molar-refractivity contribution >= 4 is 28.3 Å². The molecule has 1 aromatic heterocycles. The fourth-order valence-electron chi connectivity index (χ4n) is 2.09. The number of carbonyl (C=O) groups is 1. The SMILES string of the molecule is O=C(COc1cccc2ncccc12)c1cccc(Cl)c1. The summed E-state index contributed by atoms with van der Waals surface area (Å²) in [5, 5.41) is 1.43. The number of hydrogen-bond acceptors (Lipinski definition) is 3. The van der Waals surface area contributed by atoms with Crippen LogP contribution in [0, 0.1) is 0 Å². The third-order valence-electron chi connectivity index (χ3n) is 3.11. The van der Waals surface area contributed by atoms with Crippen molar-refractivity contribution in [1.29, 1.82) is 0 Å². The molecule has 4 heteroatoms. The third kappa shape index (κ3) is 3.03. The van der Waals surface area contributed by atoms with Gasteiger partial charge in [-0.05, 0) is 36.4 Å². The van der Waals surface area contributed by atoms with Gasteiger partial charge in [0.25, 0.3) is 0 Å². The normalized spacial score (nSPS) is 10.5. The molecule has 21 heavy (non-hydrogen) atoms. The Balaban J connectivity index is 1.79. The number of aromatic nitrogens is 1. The van der Waals surface area contributed by atoms with Crippen LogP contribution in [0.1, 0.15) is 10.4 Å². The van der Waals surface area contributed by atoms with Gasteiger partial charge in [0.05, 0.1) is 5.52 Å². The fraction of sp³-hybridized carbons (Fsp3) is 0.0588. The standard InChI is InChI=1S/C17H12ClNO2/c18-13-5-1-4-12(10-13)16(20)11-21-17-8-2-7-15-14(17)6-3-9-19-15/h1-10H,11H2. The molecule has 1 heterocycles. The van der Waals surface area contributed by atoms with Crippen molar-refractivity contribution in [2.75, 3.05) is 6.61 Å². The van der Waals surface area contributed by atoms with Crippen LogP contribution in [0.5, 0.6) is 5.75 Å². The maximum absolute atomic E-state index is 12.1. The average Bonchev–Trinajstić information content (AvgIpc) is 2.52. The molecule has 0 atom stereocenters. The summed E-state index contributed by atoms with van der Waals surface area (Å²) in [6, 6.07) is 16.2. The number of ether oxygens (including phenoxy) is 1. The summed E-state index contributed by atoms with van der Waals surface area (Å²) >= 11 is 5.88. The quantitative estimate of drug-likeness (QED) is 0.679. The number of carbonyl (C=O) groups excluding carboxylic acids is 1. The highest BCUT2D eigenvalue weighted by molar-refractivity contribution is 6.31. The van der Waals surface area contributed by atoms with Crippen LogP contribution >= 0.6 is 11.6 Å². The molecule has 0 aliphatic rings. The molecule has 0 amide bonds. The molecule has 3 aromatic rings. The number of fused-ring (bicyclic) bond motifs is 1. The first-order valence-electron chi connectivity index (χ1n) is 6.49. The lowest BCUT2D eigenvalue weighted by Gasteiger charge is -2.08. The summed E-state index contributed by atoms with van der Waals surface area (Å²) in [6.45, 7) is -0.0334. The largest absolute Gasteiger partial charge is 0.485 e. The van der Waals surface area contributed by atoms with E-state index in [1.165, 1.54) is 0 Å². The summed E-state index contributed by atoms with van der Waals surface area (Å²) in [4.78, 5) is 16.4. The highest BCUT2D eigenvalue weighted by atomic mass is 35.5. The van der Waals surface area contributed by atoms with Crippen molar-refractivity contribution in [2.45, 2.75) is 0 Å². The predicted octanol–water partition coefficient (Wildman–Crippen LogP) is 4.15. The number of nitrogens with zero attached hydrogens (tertiary/aromatic N) is 1. The molecule has 0 N–H and O–H groups in total. The van der Waals surface area contributed by atoms with E-state index >= 15 is 0 Å². The molecule has 0 spiro atoms. The Morgan fingerprint density at radius 1 is 1.10 bits per heavy atom. The van der Waals surface area contributed by atoms with E-state index in [0.29, 0.717) is 16.3 Å². The van der Waals surface area contributed by atoms with Crippen LogP contribution in [0.15, 0.2) is 60.8 Å². The Morgan fingerprint density at radius 2 is 1.95 bits per heavy atom. The number of halogens is 1. The van der Waals surface area contributed by atoms with Crippen LogP contribution in [0.25, 0.3) is 10.9 Å². The number of rotatable bonds is 4. The van der Waals surface area contributed by atoms with Gasteiger partial charge in [0, 0.05) is 22.2 Å². The molecular weight excluding hydrogens is 286 g/mol. The molecule has 0 aliphatic heterocycles. The van der Waals surface area contributed by atoms with Crippen LogP contribution in [-0.2, 0) is 0 Å². The molecule has 0 aliphatic carbocycles. The van der Waals surface area contributed by atoms with Crippen molar-refractivity contribution in [3.63, 3.8) is 0 Å². The van der Waals surface area contributed by atoms with Gasteiger partial charge in [-0.25, -0.2) is 0 Å². The number of Topliss-reactive ketones (excluding diaryl/α,β-unsaturated/α-hetero) is 1. The second-order valence-electron chi connectivity index (χ2n) is 4.55. The number of pyridine rings is 1. The Bertz CT molecular complexity index is 796. The van der Waals surface area contributed by atoms with Crippen LogP contribution in [0.3, 0.4) is 0 Å². The van der Waals surface area contributed by atoms with Gasteiger partial charge in [-0.1, -0.05) is 29.8 Å². The highest BCUT2D eigenvalue weighted by Crippen LogP contribution is 2.23. The molecule has 3 rings (SSSR count). The van der Waals surface area contributed by atoms with E-state index in [9.17, 15) is 4.79 Å². The second kappa shape index (κ2) is 5.94. The van der Waals surface area contributed by atoms with E-state index < -0.39 is 0 Å². The highest BCUT2D eigenvalue weighted by Gasteiger charge is 2.09. The summed E-state index contributed by atoms with van der Waals surface area (Å²) in [6.07, 6.45) is 1.73. The van der Waals surface area contributed by atoms with Crippen molar-refractivity contribution in [1.82, 2.24) is 4.98 Å². The Morgan fingerprint density at radius 3 is 2.81 bits per heavy atom. The van der Waals surface area contributed by atoms with E-state index in [1.807, 2.05) is 30.3 Å². The Kier molecular flexibility index (Phi) is 3.84. The minimum absolute atomic E-state index is 0.0334. The van der Waals surface area contributed by atoms with E-state index in [2.05, 4.69) is 4.98 Å². The summed E-state index contributed by atoms with van der Waals surface area (Å²) < 4.78 is 5.64. The molecule has 0 unspecified atom stereocenters. The Labute approximate surface area is 127 Å². The lowest BCUT2D eigenvalue weighted by Crippen LogP contribution is -2.11. The minimum Gasteiger partial charge on any atom is -0.485 e. The molecular formula is C17H12ClNO2. The molecule has 104 valence electrons. The van der Waals surface area contributed by atoms with Crippen LogP contribution in [-0.4, -0.2) is 17.4 Å². The zero-order valence-electron chi connectivity index (χ0n) is 11.1. The van der Waals surface area contributed by atoms with Crippen LogP contribution < -0.4 is 4.74 Å². The number of ketones is 1. The van der Waals surface area contributed by atoms with Crippen LogP contribution in [0.4, 0.5) is 0 Å². The molecule has 3 nitrogen and oxygen atoms in total. The van der Waals surface area contributed by atoms with Gasteiger partial charge in [-0.15, -0.1) is 0 Å². The van der Waals surface area contributed by atoms with Gasteiger partial charge in [-0.3, -0.25) is 9.78 Å². The third-order valence-corrected chi connectivity index (χ3v) is 3.35. The lowest BCUT2D eigenvalue weighted by atomic mass is 10.1. The van der Waals surface area contributed by atoms with Gasteiger partial charge in [0.15, 0.2) is 12.4 Å². The van der Waals surface area contributed by atoms with E-state index in [0.717, 1.165) is 10.9 Å². The van der Waals surface area contributed by atoms with Gasteiger partial charge in [0.1, 0.15) is 5.75 Å². The summed E-state index contributed by atoms with van der Waals surface area (Å²) in [5.74, 6) is 0.536. The first-order valence-corrected chi connectivity index (χ1v) is 6.87. The molecule has 0 saturated carbocycles. The predicted molar refractivity (Wildman–Crippen MR) is 83.0 cm³/mol. The Hall–Kier alpha value is -2.39. The minimum atomic E-state index is -0.113. The monoisotopic (exact) mass is 297 g/mol. The topological polar surface area (TPSA) is 39.2 Å². The smallest absolute Gasteiger partial charge is 0.200 e. The van der Waals surface area contributed by atoms with Crippen molar-refractivity contribution in [3.05, 3.63) is 71.4 Å². The number of hydrogen-bond donors (Lipinski definition) is 0. The van der Waals surface area contributed by atoms with Gasteiger partial charge < -0.3 is 4.74 Å². The van der Waals surface area contributed by atoms with Gasteiger partial charge in [0.2, 0.25) is 0 Å². The zero-order chi connectivity index (χ0) is 14.7. The summed E-state index contributed by atoms with van der Waals surface area (Å²) in [7, 11) is 0. The first-order chi connectivity index (χ1) is 10.2. The summed E-state index contributed by atoms with van der Waals surface area (Å²) in [5.41, 5.74) is 1.38. The fourth-order valence-corrected chi connectivity index (χ4v) is 2.28. The molecule has 0 bridgehead atoms. The van der Waals surface area contributed by atoms with Crippen LogP contribution in [0.2, 0.25) is 5.02 Å². The van der Waals surface area contributed by atoms with E-state index in [-0.39, 0.29) is 12.4 Å². The molecule has 0 saturated heterocycles. The lowest BCUT2D eigenvalue weighted by molar-refractivity contribution is 0.0922. The first kappa shape index (κ1) is 13.6. The van der Waals surface area contributed by atoms with Gasteiger partial charge in [-0.2, -0.15) is 0 Å². The van der Waals surface area contributed by atoms with E-state index in [1.54, 1.807) is 30.5 Å². The number of benzene rings is 2. The molecule has 0 fully saturated rings. The average molecular weight is 298 g/mol. The van der Waals surface area contributed by atoms with Crippen molar-refractivity contribution in [3.8, 4) is 5.75 Å². The van der Waals surface area contributed by atoms with Crippen molar-refractivity contribution in [2.24, 2.45) is 0 Å². The molecule has 2 aromatic carbocycles.